The van der Waals surface area contributed by atoms with Crippen molar-refractivity contribution in [2.24, 2.45) is 0 Å². The highest BCUT2D eigenvalue weighted by molar-refractivity contribution is 7.90. The third-order valence-electron chi connectivity index (χ3n) is 0.815. The van der Waals surface area contributed by atoms with Gasteiger partial charge in [0.2, 0.25) is 0 Å². The lowest BCUT2D eigenvalue weighted by atomic mass is 10.5. The second kappa shape index (κ2) is 1.45. The van der Waals surface area contributed by atoms with Crippen molar-refractivity contribution < 1.29 is 13.2 Å². The van der Waals surface area contributed by atoms with E-state index in [2.05, 4.69) is 4.72 Å². The molecule has 1 amide bonds. The molecule has 0 saturated carbocycles. The molecule has 4 nitrogen and oxygen atoms in total. The number of rotatable bonds is 0. The fourth-order valence-corrected chi connectivity index (χ4v) is 1.39. The molecule has 0 spiro atoms. The van der Waals surface area contributed by atoms with Gasteiger partial charge in [0.1, 0.15) is 0 Å². The third-order valence-corrected chi connectivity index (χ3v) is 2.02. The maximum atomic E-state index is 10.3. The van der Waals surface area contributed by atoms with Crippen LogP contribution in [0.3, 0.4) is 0 Å². The molecule has 0 aromatic heterocycles. The van der Waals surface area contributed by atoms with E-state index >= 15 is 0 Å². The molecule has 0 N–H and O–H groups in total. The topological polar surface area (TPSA) is 65.3 Å². The molecule has 0 aromatic rings. The molecule has 0 aromatic carbocycles. The van der Waals surface area contributed by atoms with Crippen molar-refractivity contribution in [3.63, 3.8) is 0 Å². The van der Waals surface area contributed by atoms with Gasteiger partial charge < -0.3 is 0 Å². The van der Waals surface area contributed by atoms with Gasteiger partial charge >= 0.3 is 0 Å². The number of sulfonamides is 1. The summed E-state index contributed by atoms with van der Waals surface area (Å²) >= 11 is 0. The smallest absolute Gasteiger partial charge is 0.257 e. The van der Waals surface area contributed by atoms with Gasteiger partial charge in [-0.25, -0.2) is 8.42 Å². The molecule has 1 saturated heterocycles. The van der Waals surface area contributed by atoms with E-state index in [4.69, 9.17) is 0 Å². The van der Waals surface area contributed by atoms with Gasteiger partial charge in [0.25, 0.3) is 15.9 Å². The van der Waals surface area contributed by atoms with Gasteiger partial charge in [0.15, 0.2) is 0 Å². The first-order chi connectivity index (χ1) is 3.60. The van der Waals surface area contributed by atoms with E-state index in [-0.39, 0.29) is 12.2 Å². The summed E-state index contributed by atoms with van der Waals surface area (Å²) in [5, 5.41) is 0. The van der Waals surface area contributed by atoms with Crippen molar-refractivity contribution in [3.8, 4) is 0 Å². The van der Waals surface area contributed by atoms with Crippen molar-refractivity contribution in [1.29, 1.82) is 0 Å². The molecular weight excluding hydrogens is 130 g/mol. The maximum absolute atomic E-state index is 10.3. The molecule has 1 heterocycles. The first-order valence-corrected chi connectivity index (χ1v) is 3.70. The molecule has 1 aliphatic rings. The molecule has 5 heteroatoms. The number of carbonyl (C=O) groups excluding carboxylic acids is 1. The Bertz CT molecular complexity index is 205. The van der Waals surface area contributed by atoms with E-state index in [0.29, 0.717) is 0 Å². The van der Waals surface area contributed by atoms with E-state index in [1.807, 2.05) is 0 Å². The molecule has 0 bridgehead atoms. The highest BCUT2D eigenvalue weighted by Gasteiger charge is 2.25. The van der Waals surface area contributed by atoms with Gasteiger partial charge in [0.05, 0.1) is 5.75 Å². The molecule has 0 aliphatic carbocycles. The zero-order valence-electron chi connectivity index (χ0n) is 3.99. The normalized spacial score (nSPS) is 25.2. The van der Waals surface area contributed by atoms with Crippen molar-refractivity contribution >= 4 is 15.9 Å². The average Bonchev–Trinajstić information content (AvgIpc) is 1.82. The Labute approximate surface area is 46.9 Å². The monoisotopic (exact) mass is 134 g/mol. The van der Waals surface area contributed by atoms with Crippen LogP contribution in [0.1, 0.15) is 6.42 Å². The van der Waals surface area contributed by atoms with Crippen LogP contribution in [0.25, 0.3) is 0 Å². The van der Waals surface area contributed by atoms with Crippen LogP contribution in [-0.2, 0) is 14.8 Å². The first-order valence-electron chi connectivity index (χ1n) is 2.09. The van der Waals surface area contributed by atoms with Crippen LogP contribution in [0.4, 0.5) is 0 Å². The summed E-state index contributed by atoms with van der Waals surface area (Å²) in [6, 6.07) is 0. The van der Waals surface area contributed by atoms with Gasteiger partial charge in [-0.2, -0.15) is 0 Å². The second-order valence-electron chi connectivity index (χ2n) is 1.52. The summed E-state index contributed by atoms with van der Waals surface area (Å²) in [7, 11) is -3.32. The molecule has 8 heavy (non-hydrogen) atoms. The largest absolute Gasteiger partial charge is 0.272 e. The van der Waals surface area contributed by atoms with Crippen LogP contribution in [0.5, 0.6) is 0 Å². The van der Waals surface area contributed by atoms with E-state index < -0.39 is 15.9 Å². The Hall–Kier alpha value is -0.580. The van der Waals surface area contributed by atoms with Crippen LogP contribution >= 0.6 is 0 Å². The Morgan fingerprint density at radius 1 is 1.50 bits per heavy atom. The molecule has 0 atom stereocenters. The van der Waals surface area contributed by atoms with E-state index in [1.165, 1.54) is 0 Å². The number of hydrogen-bond donors (Lipinski definition) is 0. The van der Waals surface area contributed by atoms with Crippen LogP contribution < -0.4 is 4.72 Å². The van der Waals surface area contributed by atoms with Gasteiger partial charge in [-0.05, 0) is 0 Å². The molecular formula is C3H4NO3S. The number of amides is 1. The quantitative estimate of drug-likeness (QED) is 0.420. The summed E-state index contributed by atoms with van der Waals surface area (Å²) < 4.78 is 23.4. The second-order valence-corrected chi connectivity index (χ2v) is 3.28. The summed E-state index contributed by atoms with van der Waals surface area (Å²) in [6.45, 7) is 0. The van der Waals surface area contributed by atoms with Gasteiger partial charge in [-0.15, -0.1) is 4.72 Å². The lowest BCUT2D eigenvalue weighted by Gasteiger charge is -1.80. The standard InChI is InChI=1S/C3H4NO3S/c5-3-1-2-8(6,7)4-3/h1-2H2. The zero-order valence-corrected chi connectivity index (χ0v) is 4.81. The van der Waals surface area contributed by atoms with E-state index in [0.717, 1.165) is 0 Å². The van der Waals surface area contributed by atoms with Crippen molar-refractivity contribution in [2.45, 2.75) is 6.42 Å². The molecule has 1 aliphatic heterocycles. The SMILES string of the molecule is O=C1CCS(=O)(=O)[N]1. The minimum atomic E-state index is -3.32. The summed E-state index contributed by atoms with van der Waals surface area (Å²) in [4.78, 5) is 10.1. The van der Waals surface area contributed by atoms with Crippen molar-refractivity contribution in [2.75, 3.05) is 5.75 Å². The van der Waals surface area contributed by atoms with Crippen molar-refractivity contribution in [3.05, 3.63) is 0 Å². The van der Waals surface area contributed by atoms with Crippen LogP contribution in [0, 0.1) is 0 Å². The average molecular weight is 134 g/mol. The molecule has 0 unspecified atom stereocenters. The Morgan fingerprint density at radius 2 is 2.12 bits per heavy atom. The summed E-state index contributed by atoms with van der Waals surface area (Å²) in [6.07, 6.45) is 0.0579. The lowest BCUT2D eigenvalue weighted by Crippen LogP contribution is -2.11. The highest BCUT2D eigenvalue weighted by Crippen LogP contribution is 2.00. The van der Waals surface area contributed by atoms with Crippen LogP contribution in [-0.4, -0.2) is 20.1 Å². The fourth-order valence-electron chi connectivity index (χ4n) is 0.463. The third kappa shape index (κ3) is 0.975. The number of hydrogen-bond acceptors (Lipinski definition) is 3. The molecule has 45 valence electrons. The maximum Gasteiger partial charge on any atom is 0.257 e. The zero-order chi connectivity index (χ0) is 6.20. The van der Waals surface area contributed by atoms with E-state index in [9.17, 15) is 13.2 Å². The Morgan fingerprint density at radius 3 is 2.25 bits per heavy atom. The number of carbonyl (C=O) groups is 1. The van der Waals surface area contributed by atoms with Gasteiger partial charge in [0, 0.05) is 6.42 Å². The molecule has 1 rings (SSSR count). The Kier molecular flexibility index (Phi) is 1.00. The predicted octanol–water partition coefficient (Wildman–Crippen LogP) is -1.15. The molecule has 1 fully saturated rings. The Balaban J connectivity index is 2.86. The van der Waals surface area contributed by atoms with Crippen LogP contribution in [0.15, 0.2) is 0 Å². The van der Waals surface area contributed by atoms with Crippen LogP contribution in [0.2, 0.25) is 0 Å². The van der Waals surface area contributed by atoms with Gasteiger partial charge in [-0.3, -0.25) is 4.79 Å². The summed E-state index contributed by atoms with van der Waals surface area (Å²) in [5.74, 6) is -0.628. The van der Waals surface area contributed by atoms with Crippen molar-refractivity contribution in [1.82, 2.24) is 4.72 Å². The molecule has 1 radical (unpaired) electrons. The van der Waals surface area contributed by atoms with E-state index in [1.54, 1.807) is 0 Å². The number of nitrogens with zero attached hydrogens (tertiary/aromatic N) is 1. The lowest BCUT2D eigenvalue weighted by molar-refractivity contribution is -0.118. The predicted molar refractivity (Wildman–Crippen MR) is 25.5 cm³/mol. The minimum Gasteiger partial charge on any atom is -0.272 e. The fraction of sp³-hybridized carbons (Fsp3) is 0.667. The van der Waals surface area contributed by atoms with Gasteiger partial charge in [-0.1, -0.05) is 0 Å². The minimum absolute atomic E-state index is 0.0579. The first kappa shape index (κ1) is 5.55. The summed E-state index contributed by atoms with van der Waals surface area (Å²) in [5.41, 5.74) is 0. The highest BCUT2D eigenvalue weighted by atomic mass is 32.2.